The minimum Gasteiger partial charge on any atom is -0.493 e. The molecular weight excluding hydrogens is 399 g/mol. The maximum absolute atomic E-state index is 13.2. The topological polar surface area (TPSA) is 66.4 Å². The second-order valence-electron chi connectivity index (χ2n) is 7.81. The highest BCUT2D eigenvalue weighted by molar-refractivity contribution is 6.14. The van der Waals surface area contributed by atoms with Gasteiger partial charge >= 0.3 is 6.03 Å². The summed E-state index contributed by atoms with van der Waals surface area (Å²) in [5.74, 6) is 1.23. The SMILES string of the molecule is CNC(=O)N1N=C(c2ccc(N3CC(F)C3)cc2)c2cc(OC)c(OC)cc2C[C@@H]1C. The summed E-state index contributed by atoms with van der Waals surface area (Å²) in [4.78, 5) is 14.5. The van der Waals surface area contributed by atoms with Gasteiger partial charge in [0.25, 0.3) is 0 Å². The summed E-state index contributed by atoms with van der Waals surface area (Å²) >= 11 is 0. The largest absolute Gasteiger partial charge is 0.493 e. The molecular formula is C23H27FN4O3. The standard InChI is InChI=1S/C23H27FN4O3/c1-14-9-16-10-20(30-3)21(31-4)11-19(16)22(26-28(14)23(29)25-2)15-5-7-18(8-6-15)27-12-17(24)13-27/h5-8,10-11,14,17H,9,12-13H2,1-4H3,(H,25,29)/t14-/m0/s1. The number of alkyl halides is 1. The maximum Gasteiger partial charge on any atom is 0.337 e. The lowest BCUT2D eigenvalue weighted by Crippen LogP contribution is -2.48. The lowest BCUT2D eigenvalue weighted by Gasteiger charge is -2.36. The van der Waals surface area contributed by atoms with Crippen LogP contribution in [0.3, 0.4) is 0 Å². The third kappa shape index (κ3) is 3.89. The van der Waals surface area contributed by atoms with Crippen molar-refractivity contribution >= 4 is 17.4 Å². The number of carbonyl (C=O) groups is 1. The van der Waals surface area contributed by atoms with Crippen LogP contribution in [-0.2, 0) is 6.42 Å². The van der Waals surface area contributed by atoms with E-state index in [1.165, 1.54) is 5.01 Å². The fourth-order valence-electron chi connectivity index (χ4n) is 4.01. The van der Waals surface area contributed by atoms with Crippen molar-refractivity contribution in [2.45, 2.75) is 25.6 Å². The van der Waals surface area contributed by atoms with Crippen LogP contribution in [0.4, 0.5) is 14.9 Å². The minimum absolute atomic E-state index is 0.156. The highest BCUT2D eigenvalue weighted by atomic mass is 19.1. The van der Waals surface area contributed by atoms with Gasteiger partial charge < -0.3 is 19.7 Å². The number of fused-ring (bicyclic) bond motifs is 1. The molecule has 4 rings (SSSR count). The molecule has 2 aliphatic heterocycles. The molecule has 0 spiro atoms. The van der Waals surface area contributed by atoms with Crippen LogP contribution in [0.2, 0.25) is 0 Å². The fraction of sp³-hybridized carbons (Fsp3) is 0.391. The van der Waals surface area contributed by atoms with Crippen LogP contribution in [0.1, 0.15) is 23.6 Å². The number of hydrazone groups is 1. The summed E-state index contributed by atoms with van der Waals surface area (Å²) in [7, 11) is 4.79. The Kier molecular flexibility index (Phi) is 5.71. The van der Waals surface area contributed by atoms with Crippen molar-refractivity contribution in [3.8, 4) is 11.5 Å². The van der Waals surface area contributed by atoms with Gasteiger partial charge in [-0.1, -0.05) is 12.1 Å². The molecule has 2 heterocycles. The van der Waals surface area contributed by atoms with E-state index >= 15 is 0 Å². The van der Waals surface area contributed by atoms with E-state index in [0.29, 0.717) is 36.7 Å². The Labute approximate surface area is 181 Å². The van der Waals surface area contributed by atoms with Crippen molar-refractivity contribution in [3.63, 3.8) is 0 Å². The van der Waals surface area contributed by atoms with E-state index in [4.69, 9.17) is 14.6 Å². The number of anilines is 1. The van der Waals surface area contributed by atoms with E-state index in [2.05, 4.69) is 5.32 Å². The fourth-order valence-corrected chi connectivity index (χ4v) is 4.01. The van der Waals surface area contributed by atoms with Gasteiger partial charge in [-0.3, -0.25) is 0 Å². The number of urea groups is 1. The highest BCUT2D eigenvalue weighted by Crippen LogP contribution is 2.35. The van der Waals surface area contributed by atoms with Gasteiger partial charge in [0.15, 0.2) is 11.5 Å². The number of carbonyl (C=O) groups excluding carboxylic acids is 1. The van der Waals surface area contributed by atoms with Crippen molar-refractivity contribution in [2.24, 2.45) is 5.10 Å². The lowest BCUT2D eigenvalue weighted by molar-refractivity contribution is 0.184. The molecule has 0 unspecified atom stereocenters. The van der Waals surface area contributed by atoms with E-state index in [9.17, 15) is 9.18 Å². The van der Waals surface area contributed by atoms with Gasteiger partial charge in [0.05, 0.1) is 39.1 Å². The number of ether oxygens (including phenoxy) is 2. The molecule has 0 aliphatic carbocycles. The minimum atomic E-state index is -0.761. The lowest BCUT2D eigenvalue weighted by atomic mass is 9.93. The van der Waals surface area contributed by atoms with Gasteiger partial charge in [-0.05, 0) is 43.2 Å². The van der Waals surface area contributed by atoms with E-state index in [0.717, 1.165) is 22.4 Å². The molecule has 31 heavy (non-hydrogen) atoms. The van der Waals surface area contributed by atoms with E-state index in [1.807, 2.05) is 48.2 Å². The smallest absolute Gasteiger partial charge is 0.337 e. The normalized spacial score (nSPS) is 18.5. The first-order valence-corrected chi connectivity index (χ1v) is 10.3. The van der Waals surface area contributed by atoms with Crippen molar-refractivity contribution < 1.29 is 18.7 Å². The van der Waals surface area contributed by atoms with Crippen LogP contribution in [0, 0.1) is 0 Å². The molecule has 0 saturated carbocycles. The first kappa shape index (κ1) is 21.0. The zero-order valence-electron chi connectivity index (χ0n) is 18.2. The van der Waals surface area contributed by atoms with Crippen LogP contribution in [0.15, 0.2) is 41.5 Å². The summed E-state index contributed by atoms with van der Waals surface area (Å²) in [5.41, 5.74) is 4.40. The number of nitrogens with zero attached hydrogens (tertiary/aromatic N) is 3. The monoisotopic (exact) mass is 426 g/mol. The summed E-state index contributed by atoms with van der Waals surface area (Å²) in [6.45, 7) is 2.80. The van der Waals surface area contributed by atoms with Crippen LogP contribution in [-0.4, -0.2) is 63.3 Å². The number of hydrogen-bond acceptors (Lipinski definition) is 5. The zero-order chi connectivity index (χ0) is 22.1. The highest BCUT2D eigenvalue weighted by Gasteiger charge is 2.29. The van der Waals surface area contributed by atoms with Crippen LogP contribution < -0.4 is 19.7 Å². The Morgan fingerprint density at radius 3 is 2.35 bits per heavy atom. The Hall–Kier alpha value is -3.29. The third-order valence-electron chi connectivity index (χ3n) is 5.77. The predicted molar refractivity (Wildman–Crippen MR) is 118 cm³/mol. The van der Waals surface area contributed by atoms with E-state index in [1.54, 1.807) is 21.3 Å². The average Bonchev–Trinajstić information content (AvgIpc) is 2.91. The van der Waals surface area contributed by atoms with Crippen LogP contribution >= 0.6 is 0 Å². The number of amides is 2. The molecule has 1 saturated heterocycles. The Balaban J connectivity index is 1.81. The average molecular weight is 426 g/mol. The van der Waals surface area contributed by atoms with Gasteiger partial charge in [0, 0.05) is 23.9 Å². The van der Waals surface area contributed by atoms with Crippen molar-refractivity contribution in [2.75, 3.05) is 39.3 Å². The maximum atomic E-state index is 13.2. The molecule has 7 nitrogen and oxygen atoms in total. The van der Waals surface area contributed by atoms with Gasteiger partial charge in [-0.2, -0.15) is 5.10 Å². The first-order chi connectivity index (χ1) is 14.9. The van der Waals surface area contributed by atoms with Crippen molar-refractivity contribution in [1.29, 1.82) is 0 Å². The van der Waals surface area contributed by atoms with Gasteiger partial charge in [-0.25, -0.2) is 14.2 Å². The number of halogens is 1. The zero-order valence-corrected chi connectivity index (χ0v) is 18.2. The molecule has 2 aliphatic rings. The summed E-state index contributed by atoms with van der Waals surface area (Å²) in [6, 6.07) is 11.3. The van der Waals surface area contributed by atoms with Gasteiger partial charge in [-0.15, -0.1) is 0 Å². The number of benzene rings is 2. The Morgan fingerprint density at radius 1 is 1.13 bits per heavy atom. The Morgan fingerprint density at radius 2 is 1.77 bits per heavy atom. The summed E-state index contributed by atoms with van der Waals surface area (Å²) in [5, 5.41) is 8.90. The quantitative estimate of drug-likeness (QED) is 0.816. The second kappa shape index (κ2) is 8.45. The predicted octanol–water partition coefficient (Wildman–Crippen LogP) is 3.20. The first-order valence-electron chi connectivity index (χ1n) is 10.3. The summed E-state index contributed by atoms with van der Waals surface area (Å²) < 4.78 is 24.2. The second-order valence-corrected chi connectivity index (χ2v) is 7.81. The molecule has 0 bridgehead atoms. The molecule has 1 fully saturated rings. The number of nitrogens with one attached hydrogen (secondary N) is 1. The number of hydrogen-bond donors (Lipinski definition) is 1. The van der Waals surface area contributed by atoms with E-state index in [-0.39, 0.29) is 12.1 Å². The van der Waals surface area contributed by atoms with Gasteiger partial charge in [0.1, 0.15) is 6.17 Å². The molecule has 0 radical (unpaired) electrons. The molecule has 1 atom stereocenters. The molecule has 2 amide bonds. The van der Waals surface area contributed by atoms with Crippen molar-refractivity contribution in [3.05, 3.63) is 53.1 Å². The third-order valence-corrected chi connectivity index (χ3v) is 5.77. The van der Waals surface area contributed by atoms with Crippen molar-refractivity contribution in [1.82, 2.24) is 10.3 Å². The molecule has 0 aromatic heterocycles. The van der Waals surface area contributed by atoms with Gasteiger partial charge in [0.2, 0.25) is 0 Å². The Bertz CT molecular complexity index is 1000. The molecule has 1 N–H and O–H groups in total. The summed E-state index contributed by atoms with van der Waals surface area (Å²) in [6.07, 6.45) is -0.150. The number of methoxy groups -OCH3 is 2. The molecule has 2 aromatic rings. The van der Waals surface area contributed by atoms with Crippen LogP contribution in [0.25, 0.3) is 0 Å². The van der Waals surface area contributed by atoms with Crippen LogP contribution in [0.5, 0.6) is 11.5 Å². The number of rotatable bonds is 4. The van der Waals surface area contributed by atoms with E-state index < -0.39 is 6.17 Å². The molecule has 164 valence electrons. The molecule has 8 heteroatoms. The molecule has 2 aromatic carbocycles.